The topological polar surface area (TPSA) is 23.5 Å². The minimum Gasteiger partial charge on any atom is -0.508 e. The summed E-state index contributed by atoms with van der Waals surface area (Å²) in [6, 6.07) is 27.4. The zero-order chi connectivity index (χ0) is 22.1. The molecule has 0 amide bonds. The van der Waals surface area contributed by atoms with Crippen LogP contribution in [0.4, 0.5) is 0 Å². The second-order valence-electron chi connectivity index (χ2n) is 8.74. The van der Waals surface area contributed by atoms with Crippen molar-refractivity contribution >= 4 is 21.5 Å². The van der Waals surface area contributed by atoms with Crippen molar-refractivity contribution < 1.29 is 5.11 Å². The number of phenols is 1. The fraction of sp³-hybridized carbons (Fsp3) is 0.200. The van der Waals surface area contributed by atoms with Gasteiger partial charge in [0.1, 0.15) is 5.75 Å². The second kappa shape index (κ2) is 8.64. The first-order valence-electron chi connectivity index (χ1n) is 11.4. The molecule has 4 aromatic carbocycles. The fourth-order valence-corrected chi connectivity index (χ4v) is 5.09. The molecular formula is C30H29NO. The van der Waals surface area contributed by atoms with Crippen molar-refractivity contribution in [3.8, 4) is 5.75 Å². The van der Waals surface area contributed by atoms with E-state index in [1.54, 1.807) is 0 Å². The Kier molecular flexibility index (Phi) is 5.55. The molecule has 0 aliphatic heterocycles. The number of rotatable bonds is 5. The van der Waals surface area contributed by atoms with Crippen LogP contribution in [-0.4, -0.2) is 23.1 Å². The lowest BCUT2D eigenvalue weighted by atomic mass is 9.87. The number of aromatic hydroxyl groups is 1. The molecule has 0 radical (unpaired) electrons. The molecule has 0 heterocycles. The summed E-state index contributed by atoms with van der Waals surface area (Å²) >= 11 is 0. The van der Waals surface area contributed by atoms with E-state index in [1.165, 1.54) is 21.9 Å². The summed E-state index contributed by atoms with van der Waals surface area (Å²) in [6.07, 6.45) is 8.82. The van der Waals surface area contributed by atoms with Crippen LogP contribution in [0.5, 0.6) is 5.75 Å². The molecule has 4 aromatic rings. The van der Waals surface area contributed by atoms with Crippen molar-refractivity contribution in [1.82, 2.24) is 4.90 Å². The van der Waals surface area contributed by atoms with Crippen molar-refractivity contribution in [2.45, 2.75) is 31.8 Å². The van der Waals surface area contributed by atoms with Crippen LogP contribution in [0, 0.1) is 0 Å². The van der Waals surface area contributed by atoms with Gasteiger partial charge < -0.3 is 5.11 Å². The van der Waals surface area contributed by atoms with Gasteiger partial charge in [0.25, 0.3) is 0 Å². The number of likely N-dealkylation sites (N-methyl/N-ethyl adjacent to an activating group) is 1. The Balaban J connectivity index is 1.76. The van der Waals surface area contributed by atoms with E-state index < -0.39 is 0 Å². The first-order chi connectivity index (χ1) is 15.6. The molecule has 0 saturated carbocycles. The van der Waals surface area contributed by atoms with Crippen LogP contribution in [0.2, 0.25) is 0 Å². The third-order valence-electron chi connectivity index (χ3n) is 6.94. The van der Waals surface area contributed by atoms with E-state index in [0.717, 1.165) is 29.2 Å². The molecule has 1 unspecified atom stereocenters. The van der Waals surface area contributed by atoms with Crippen LogP contribution >= 0.6 is 0 Å². The van der Waals surface area contributed by atoms with Gasteiger partial charge in [-0.1, -0.05) is 96.6 Å². The van der Waals surface area contributed by atoms with Crippen molar-refractivity contribution in [3.05, 3.63) is 114 Å². The minimum atomic E-state index is -0.0889. The van der Waals surface area contributed by atoms with Crippen LogP contribution in [0.1, 0.15) is 36.9 Å². The Bertz CT molecular complexity index is 1330. The van der Waals surface area contributed by atoms with Gasteiger partial charge in [-0.3, -0.25) is 4.90 Å². The Hall–Kier alpha value is -3.36. The maximum atomic E-state index is 11.2. The lowest BCUT2D eigenvalue weighted by Gasteiger charge is -2.37. The number of allylic oxidation sites excluding steroid dienone is 3. The maximum Gasteiger partial charge on any atom is 0.121 e. The highest BCUT2D eigenvalue weighted by Crippen LogP contribution is 2.42. The van der Waals surface area contributed by atoms with Crippen molar-refractivity contribution in [1.29, 1.82) is 0 Å². The number of phenolic OH excluding ortho intramolecular Hbond substituents is 1. The molecule has 2 atom stereocenters. The Labute approximate surface area is 190 Å². The normalized spacial score (nSPS) is 15.8. The molecule has 1 aliphatic rings. The van der Waals surface area contributed by atoms with Crippen molar-refractivity contribution in [3.63, 3.8) is 0 Å². The molecule has 1 aliphatic carbocycles. The molecule has 0 saturated heterocycles. The highest BCUT2D eigenvalue weighted by atomic mass is 16.3. The molecule has 2 heteroatoms. The first-order valence-corrected chi connectivity index (χ1v) is 11.4. The van der Waals surface area contributed by atoms with Gasteiger partial charge in [0.2, 0.25) is 0 Å². The third kappa shape index (κ3) is 3.61. The van der Waals surface area contributed by atoms with Crippen LogP contribution in [-0.2, 0) is 0 Å². The molecule has 160 valence electrons. The predicted octanol–water partition coefficient (Wildman–Crippen LogP) is 7.38. The molecule has 0 aromatic heterocycles. The van der Waals surface area contributed by atoms with Crippen LogP contribution < -0.4 is 0 Å². The van der Waals surface area contributed by atoms with Gasteiger partial charge in [-0.25, -0.2) is 0 Å². The van der Waals surface area contributed by atoms with Crippen LogP contribution in [0.15, 0.2) is 103 Å². The fourth-order valence-electron chi connectivity index (χ4n) is 5.09. The van der Waals surface area contributed by atoms with Crippen molar-refractivity contribution in [2.75, 3.05) is 7.05 Å². The highest BCUT2D eigenvalue weighted by molar-refractivity contribution is 5.91. The molecule has 0 spiro atoms. The van der Waals surface area contributed by atoms with E-state index in [0.29, 0.717) is 5.75 Å². The van der Waals surface area contributed by atoms with Gasteiger partial charge in [-0.15, -0.1) is 0 Å². The van der Waals surface area contributed by atoms with E-state index in [2.05, 4.69) is 104 Å². The van der Waals surface area contributed by atoms with Gasteiger partial charge in [0.15, 0.2) is 0 Å². The van der Waals surface area contributed by atoms with E-state index in [9.17, 15) is 5.11 Å². The maximum absolute atomic E-state index is 11.2. The third-order valence-corrected chi connectivity index (χ3v) is 6.94. The SMILES string of the molecule is C[C@@H](C1=CC=CCC1)N(C)C(c1cccc2ccccc12)c1c(O)ccc2ccccc12. The average molecular weight is 420 g/mol. The monoisotopic (exact) mass is 419 g/mol. The number of benzene rings is 4. The van der Waals surface area contributed by atoms with Crippen molar-refractivity contribution in [2.24, 2.45) is 0 Å². The lowest BCUT2D eigenvalue weighted by molar-refractivity contribution is 0.231. The van der Waals surface area contributed by atoms with Gasteiger partial charge in [-0.05, 0) is 60.0 Å². The molecule has 0 fully saturated rings. The standard InChI is InChI=1S/C30H29NO/c1-21(22-11-4-3-5-12-22)31(2)30(27-18-10-15-23-13-6-8-16-25(23)27)29-26-17-9-7-14-24(26)19-20-28(29)32/h3-4,6-11,13-21,30,32H,5,12H2,1-2H3/t21-,30?/m0/s1. The number of hydrogen-bond acceptors (Lipinski definition) is 2. The molecular weight excluding hydrogens is 390 g/mol. The second-order valence-corrected chi connectivity index (χ2v) is 8.74. The molecule has 0 bridgehead atoms. The zero-order valence-electron chi connectivity index (χ0n) is 18.7. The van der Waals surface area contributed by atoms with Gasteiger partial charge in [0.05, 0.1) is 6.04 Å². The Morgan fingerprint density at radius 3 is 2.25 bits per heavy atom. The average Bonchev–Trinajstić information content (AvgIpc) is 2.85. The highest BCUT2D eigenvalue weighted by Gasteiger charge is 2.30. The molecule has 32 heavy (non-hydrogen) atoms. The van der Waals surface area contributed by atoms with Gasteiger partial charge in [0, 0.05) is 11.6 Å². The van der Waals surface area contributed by atoms with Gasteiger partial charge in [-0.2, -0.15) is 0 Å². The lowest BCUT2D eigenvalue weighted by Crippen LogP contribution is -2.35. The first kappa shape index (κ1) is 20.5. The van der Waals surface area contributed by atoms with E-state index >= 15 is 0 Å². The summed E-state index contributed by atoms with van der Waals surface area (Å²) in [4.78, 5) is 2.42. The van der Waals surface area contributed by atoms with Gasteiger partial charge >= 0.3 is 0 Å². The Morgan fingerprint density at radius 1 is 0.812 bits per heavy atom. The molecule has 1 N–H and O–H groups in total. The van der Waals surface area contributed by atoms with Crippen LogP contribution in [0.25, 0.3) is 21.5 Å². The number of fused-ring (bicyclic) bond motifs is 2. The molecule has 5 rings (SSSR count). The summed E-state index contributed by atoms with van der Waals surface area (Å²) in [7, 11) is 2.19. The predicted molar refractivity (Wildman–Crippen MR) is 135 cm³/mol. The van der Waals surface area contributed by atoms with E-state index in [1.807, 2.05) is 12.1 Å². The summed E-state index contributed by atoms with van der Waals surface area (Å²) in [5, 5.41) is 15.9. The van der Waals surface area contributed by atoms with E-state index in [4.69, 9.17) is 0 Å². The minimum absolute atomic E-state index is 0.0889. The summed E-state index contributed by atoms with van der Waals surface area (Å²) in [5.41, 5.74) is 3.62. The summed E-state index contributed by atoms with van der Waals surface area (Å²) in [5.74, 6) is 0.346. The molecule has 2 nitrogen and oxygen atoms in total. The Morgan fingerprint density at radius 2 is 1.50 bits per heavy atom. The number of hydrogen-bond donors (Lipinski definition) is 1. The van der Waals surface area contributed by atoms with E-state index in [-0.39, 0.29) is 12.1 Å². The number of nitrogens with zero attached hydrogens (tertiary/aromatic N) is 1. The quantitative estimate of drug-likeness (QED) is 0.365. The smallest absolute Gasteiger partial charge is 0.121 e. The zero-order valence-corrected chi connectivity index (χ0v) is 18.7. The van der Waals surface area contributed by atoms with Crippen LogP contribution in [0.3, 0.4) is 0 Å². The largest absolute Gasteiger partial charge is 0.508 e. The summed E-state index contributed by atoms with van der Waals surface area (Å²) < 4.78 is 0. The summed E-state index contributed by atoms with van der Waals surface area (Å²) in [6.45, 7) is 2.28.